The van der Waals surface area contributed by atoms with Crippen LogP contribution in [-0.4, -0.2) is 30.0 Å². The van der Waals surface area contributed by atoms with Crippen LogP contribution in [0.15, 0.2) is 64.6 Å². The molecular formula is C27H25NO6. The van der Waals surface area contributed by atoms with Crippen molar-refractivity contribution < 1.29 is 28.6 Å². The molecule has 1 amide bonds. The molecular weight excluding hydrogens is 434 g/mol. The third-order valence-electron chi connectivity index (χ3n) is 6.06. The molecule has 2 aromatic carbocycles. The quantitative estimate of drug-likeness (QED) is 0.330. The summed E-state index contributed by atoms with van der Waals surface area (Å²) >= 11 is 0. The minimum atomic E-state index is -0.919. The largest absolute Gasteiger partial charge is 0.507 e. The predicted molar refractivity (Wildman–Crippen MR) is 126 cm³/mol. The lowest BCUT2D eigenvalue weighted by Gasteiger charge is -2.24. The van der Waals surface area contributed by atoms with Gasteiger partial charge in [0.15, 0.2) is 0 Å². The first kappa shape index (κ1) is 21.8. The Bertz CT molecular complexity index is 1300. The Balaban J connectivity index is 1.66. The zero-order valence-corrected chi connectivity index (χ0v) is 19.0. The summed E-state index contributed by atoms with van der Waals surface area (Å²) in [5.41, 5.74) is 1.88. The number of carbonyl (C=O) groups is 2. The molecule has 3 heterocycles. The summed E-state index contributed by atoms with van der Waals surface area (Å²) in [7, 11) is 0. The molecule has 0 aliphatic carbocycles. The molecule has 2 aliphatic rings. The van der Waals surface area contributed by atoms with Crippen LogP contribution in [0.1, 0.15) is 42.0 Å². The first-order valence-corrected chi connectivity index (χ1v) is 11.3. The number of nitrogens with zero attached hydrogens (tertiary/aromatic N) is 1. The number of rotatable bonds is 5. The molecule has 1 aromatic heterocycles. The molecule has 174 valence electrons. The lowest BCUT2D eigenvalue weighted by Crippen LogP contribution is -2.29. The molecule has 0 saturated carbocycles. The van der Waals surface area contributed by atoms with Crippen molar-refractivity contribution in [3.05, 3.63) is 82.8 Å². The van der Waals surface area contributed by atoms with Crippen molar-refractivity contribution in [2.75, 3.05) is 18.1 Å². The highest BCUT2D eigenvalue weighted by Gasteiger charge is 2.48. The number of benzene rings is 2. The number of fused-ring (bicyclic) bond motifs is 1. The average molecular weight is 459 g/mol. The first-order valence-electron chi connectivity index (χ1n) is 11.3. The van der Waals surface area contributed by atoms with Gasteiger partial charge in [-0.15, -0.1) is 0 Å². The zero-order chi connectivity index (χ0) is 23.8. The fourth-order valence-electron chi connectivity index (χ4n) is 4.52. The Hall–Kier alpha value is -4.00. The standard InChI is InChI=1S/C27H25NO6/c1-3-32-20-8-4-7-19(15-20)28-24(22-11-9-16(2)34-22)23(26(30)27(28)31)25(29)18-10-12-21-17(14-18)6-5-13-33-21/h4,7-12,14-15,24,29H,3,5-6,13H2,1-2H3/b25-23-. The Kier molecular flexibility index (Phi) is 5.61. The molecule has 7 nitrogen and oxygen atoms in total. The topological polar surface area (TPSA) is 89.2 Å². The minimum Gasteiger partial charge on any atom is -0.507 e. The van der Waals surface area contributed by atoms with Gasteiger partial charge in [0.05, 0.1) is 18.8 Å². The molecule has 0 radical (unpaired) electrons. The number of aryl methyl sites for hydroxylation is 2. The number of ketones is 1. The Morgan fingerprint density at radius 1 is 1.15 bits per heavy atom. The predicted octanol–water partition coefficient (Wildman–Crippen LogP) is 4.94. The molecule has 3 aromatic rings. The monoisotopic (exact) mass is 459 g/mol. The van der Waals surface area contributed by atoms with E-state index in [1.165, 1.54) is 4.90 Å². The maximum atomic E-state index is 13.3. The van der Waals surface area contributed by atoms with E-state index in [9.17, 15) is 14.7 Å². The van der Waals surface area contributed by atoms with E-state index in [0.29, 0.717) is 41.7 Å². The highest BCUT2D eigenvalue weighted by Crippen LogP contribution is 2.43. The van der Waals surface area contributed by atoms with Crippen molar-refractivity contribution in [3.8, 4) is 11.5 Å². The summed E-state index contributed by atoms with van der Waals surface area (Å²) in [5.74, 6) is 0.619. The molecule has 0 bridgehead atoms. The van der Waals surface area contributed by atoms with Crippen LogP contribution in [0.3, 0.4) is 0 Å². The van der Waals surface area contributed by atoms with Crippen LogP contribution in [0.2, 0.25) is 0 Å². The molecule has 1 saturated heterocycles. The van der Waals surface area contributed by atoms with Crippen molar-refractivity contribution in [2.24, 2.45) is 0 Å². The Morgan fingerprint density at radius 2 is 2.00 bits per heavy atom. The van der Waals surface area contributed by atoms with E-state index in [1.807, 2.05) is 13.0 Å². The number of carbonyl (C=O) groups excluding carboxylic acids is 2. The number of anilines is 1. The molecule has 1 fully saturated rings. The molecule has 34 heavy (non-hydrogen) atoms. The zero-order valence-electron chi connectivity index (χ0n) is 19.0. The molecule has 2 aliphatic heterocycles. The second-order valence-corrected chi connectivity index (χ2v) is 8.32. The lowest BCUT2D eigenvalue weighted by molar-refractivity contribution is -0.132. The van der Waals surface area contributed by atoms with Crippen LogP contribution in [0.4, 0.5) is 5.69 Å². The van der Waals surface area contributed by atoms with Gasteiger partial charge in [0.1, 0.15) is 34.8 Å². The fourth-order valence-corrected chi connectivity index (χ4v) is 4.52. The molecule has 1 atom stereocenters. The number of amides is 1. The van der Waals surface area contributed by atoms with Gasteiger partial charge in [-0.1, -0.05) is 6.07 Å². The van der Waals surface area contributed by atoms with Crippen molar-refractivity contribution in [1.29, 1.82) is 0 Å². The van der Waals surface area contributed by atoms with Gasteiger partial charge in [0, 0.05) is 17.3 Å². The van der Waals surface area contributed by atoms with E-state index < -0.39 is 17.7 Å². The van der Waals surface area contributed by atoms with Crippen molar-refractivity contribution >= 4 is 23.1 Å². The summed E-state index contributed by atoms with van der Waals surface area (Å²) in [6, 6.07) is 14.8. The maximum absolute atomic E-state index is 13.3. The van der Waals surface area contributed by atoms with Crippen LogP contribution >= 0.6 is 0 Å². The number of ether oxygens (including phenoxy) is 2. The second kappa shape index (κ2) is 8.74. The van der Waals surface area contributed by atoms with Gasteiger partial charge < -0.3 is 19.0 Å². The van der Waals surface area contributed by atoms with Gasteiger partial charge in [-0.3, -0.25) is 14.5 Å². The fraction of sp³-hybridized carbons (Fsp3) is 0.259. The molecule has 7 heteroatoms. The van der Waals surface area contributed by atoms with Crippen LogP contribution < -0.4 is 14.4 Å². The van der Waals surface area contributed by atoms with Crippen molar-refractivity contribution in [1.82, 2.24) is 0 Å². The molecule has 5 rings (SSSR count). The summed E-state index contributed by atoms with van der Waals surface area (Å²) in [5, 5.41) is 11.3. The van der Waals surface area contributed by atoms with Gasteiger partial charge in [-0.25, -0.2) is 0 Å². The summed E-state index contributed by atoms with van der Waals surface area (Å²) < 4.78 is 17.1. The number of furan rings is 1. The van der Waals surface area contributed by atoms with Gasteiger partial charge in [0.25, 0.3) is 11.7 Å². The van der Waals surface area contributed by atoms with Crippen LogP contribution in [0, 0.1) is 6.92 Å². The summed E-state index contributed by atoms with van der Waals surface area (Å²) in [6.07, 6.45) is 1.69. The van der Waals surface area contributed by atoms with Crippen molar-refractivity contribution in [2.45, 2.75) is 32.7 Å². The smallest absolute Gasteiger partial charge is 0.300 e. The van der Waals surface area contributed by atoms with Gasteiger partial charge >= 0.3 is 0 Å². The molecule has 1 N–H and O–H groups in total. The number of hydrogen-bond donors (Lipinski definition) is 1. The highest BCUT2D eigenvalue weighted by molar-refractivity contribution is 6.51. The number of aliphatic hydroxyl groups is 1. The van der Waals surface area contributed by atoms with E-state index in [-0.39, 0.29) is 11.3 Å². The third-order valence-corrected chi connectivity index (χ3v) is 6.06. The first-order chi connectivity index (χ1) is 16.5. The number of hydrogen-bond acceptors (Lipinski definition) is 6. The van der Waals surface area contributed by atoms with E-state index in [4.69, 9.17) is 13.9 Å². The van der Waals surface area contributed by atoms with Crippen LogP contribution in [0.5, 0.6) is 11.5 Å². The summed E-state index contributed by atoms with van der Waals surface area (Å²) in [6.45, 7) is 4.77. The normalized spacial score (nSPS) is 19.1. The molecule has 1 unspecified atom stereocenters. The average Bonchev–Trinajstić information content (AvgIpc) is 3.39. The number of Topliss-reactive ketones (excluding diaryl/α,β-unsaturated/α-hetero) is 1. The van der Waals surface area contributed by atoms with E-state index in [2.05, 4.69) is 0 Å². The van der Waals surface area contributed by atoms with Crippen LogP contribution in [0.25, 0.3) is 5.76 Å². The molecule has 0 spiro atoms. The second-order valence-electron chi connectivity index (χ2n) is 8.32. The van der Waals surface area contributed by atoms with E-state index >= 15 is 0 Å². The lowest BCUT2D eigenvalue weighted by atomic mass is 9.96. The van der Waals surface area contributed by atoms with E-state index in [1.54, 1.807) is 55.5 Å². The Labute approximate surface area is 197 Å². The SMILES string of the molecule is CCOc1cccc(N2C(=O)C(=O)/C(=C(\O)c3ccc4c(c3)CCCO4)C2c2ccc(C)o2)c1. The summed E-state index contributed by atoms with van der Waals surface area (Å²) in [4.78, 5) is 27.9. The minimum absolute atomic E-state index is 0.0159. The van der Waals surface area contributed by atoms with Crippen LogP contribution in [-0.2, 0) is 16.0 Å². The van der Waals surface area contributed by atoms with Gasteiger partial charge in [-0.2, -0.15) is 0 Å². The Morgan fingerprint density at radius 3 is 2.76 bits per heavy atom. The maximum Gasteiger partial charge on any atom is 0.300 e. The van der Waals surface area contributed by atoms with Gasteiger partial charge in [0.2, 0.25) is 0 Å². The van der Waals surface area contributed by atoms with Crippen molar-refractivity contribution in [3.63, 3.8) is 0 Å². The third kappa shape index (κ3) is 3.73. The highest BCUT2D eigenvalue weighted by atomic mass is 16.5. The number of aliphatic hydroxyl groups excluding tert-OH is 1. The van der Waals surface area contributed by atoms with E-state index in [0.717, 1.165) is 24.2 Å². The van der Waals surface area contributed by atoms with Gasteiger partial charge in [-0.05, 0) is 74.7 Å².